The van der Waals surface area contributed by atoms with Crippen LogP contribution in [0, 0.1) is 22.7 Å². The number of alkyl halides is 6. The van der Waals surface area contributed by atoms with Crippen molar-refractivity contribution in [1.29, 1.82) is 10.5 Å². The summed E-state index contributed by atoms with van der Waals surface area (Å²) in [5.74, 6) is 0. The van der Waals surface area contributed by atoms with Crippen molar-refractivity contribution in [2.75, 3.05) is 0 Å². The van der Waals surface area contributed by atoms with E-state index >= 15 is 26.3 Å². The van der Waals surface area contributed by atoms with Crippen LogP contribution >= 0.6 is 0 Å². The number of halogens is 6. The fourth-order valence-corrected chi connectivity index (χ4v) is 10.8. The Morgan fingerprint density at radius 3 is 1.16 bits per heavy atom. The minimum absolute atomic E-state index is 0.115. The van der Waals surface area contributed by atoms with Crippen molar-refractivity contribution >= 4 is 87.5 Å². The van der Waals surface area contributed by atoms with Crippen molar-refractivity contribution < 1.29 is 35.2 Å². The molecule has 0 fully saturated rings. The van der Waals surface area contributed by atoms with Gasteiger partial charge in [-0.05, 0) is 60.7 Å². The normalized spacial score (nSPS) is 12.4. The van der Waals surface area contributed by atoms with Crippen LogP contribution in [0.2, 0.25) is 0 Å². The Hall–Kier alpha value is -9.26. The van der Waals surface area contributed by atoms with Gasteiger partial charge in [-0.2, -0.15) is 36.9 Å². The molecular formula is C58H28F6N4O2. The van der Waals surface area contributed by atoms with E-state index in [0.717, 1.165) is 10.8 Å². The van der Waals surface area contributed by atoms with Gasteiger partial charge in [-0.25, -0.2) is 0 Å². The predicted octanol–water partition coefficient (Wildman–Crippen LogP) is 16.8. The lowest BCUT2D eigenvalue weighted by Gasteiger charge is -2.31. The second-order valence-electron chi connectivity index (χ2n) is 17.1. The Bertz CT molecular complexity index is 4220. The average Bonchev–Trinajstić information content (AvgIpc) is 4.12. The minimum atomic E-state index is -5.45. The number of aromatic nitrogens is 2. The van der Waals surface area contributed by atoms with E-state index in [0.29, 0.717) is 54.6 Å². The maximum absolute atomic E-state index is 17.6. The van der Waals surface area contributed by atoms with Crippen molar-refractivity contribution in [3.05, 3.63) is 192 Å². The summed E-state index contributed by atoms with van der Waals surface area (Å²) >= 11 is 0. The van der Waals surface area contributed by atoms with Crippen molar-refractivity contribution in [3.63, 3.8) is 0 Å². The highest BCUT2D eigenvalue weighted by Gasteiger charge is 2.49. The number of nitrogens with zero attached hydrogens (tertiary/aromatic N) is 4. The predicted molar refractivity (Wildman–Crippen MR) is 260 cm³/mol. The molecule has 0 saturated heterocycles. The molecule has 0 aliphatic heterocycles. The van der Waals surface area contributed by atoms with Gasteiger partial charge in [-0.3, -0.25) is 0 Å². The second-order valence-corrected chi connectivity index (χ2v) is 17.1. The van der Waals surface area contributed by atoms with Crippen LogP contribution in [0.25, 0.3) is 121 Å². The Morgan fingerprint density at radius 1 is 0.371 bits per heavy atom. The van der Waals surface area contributed by atoms with Gasteiger partial charge in [-0.1, -0.05) is 109 Å². The summed E-state index contributed by atoms with van der Waals surface area (Å²) in [6.07, 6.45) is -10.9. The molecule has 70 heavy (non-hydrogen) atoms. The summed E-state index contributed by atoms with van der Waals surface area (Å²) in [5.41, 5.74) is -5.74. The van der Waals surface area contributed by atoms with E-state index in [-0.39, 0.29) is 33.2 Å². The molecule has 0 atom stereocenters. The molecule has 4 aromatic heterocycles. The molecule has 13 aromatic rings. The number of benzene rings is 9. The quantitative estimate of drug-likeness (QED) is 0.165. The summed E-state index contributed by atoms with van der Waals surface area (Å²) in [4.78, 5) is 0. The zero-order valence-corrected chi connectivity index (χ0v) is 36.0. The molecule has 9 aromatic carbocycles. The molecule has 4 heterocycles. The van der Waals surface area contributed by atoms with E-state index in [2.05, 4.69) is 0 Å². The molecule has 0 spiro atoms. The molecule has 0 aliphatic carbocycles. The number of furan rings is 2. The molecule has 6 nitrogen and oxygen atoms in total. The van der Waals surface area contributed by atoms with Crippen molar-refractivity contribution in [3.8, 4) is 45.8 Å². The van der Waals surface area contributed by atoms with Gasteiger partial charge in [0.15, 0.2) is 0 Å². The lowest BCUT2D eigenvalue weighted by Crippen LogP contribution is -2.23. The van der Waals surface area contributed by atoms with Gasteiger partial charge in [-0.15, -0.1) is 0 Å². The van der Waals surface area contributed by atoms with E-state index in [1.165, 1.54) is 57.7 Å². The zero-order valence-electron chi connectivity index (χ0n) is 36.0. The molecule has 12 heteroatoms. The number of hydrogen-bond acceptors (Lipinski definition) is 4. The third kappa shape index (κ3) is 5.62. The smallest absolute Gasteiger partial charge is 0.420 e. The minimum Gasteiger partial charge on any atom is -0.455 e. The van der Waals surface area contributed by atoms with E-state index < -0.39 is 57.1 Å². The summed E-state index contributed by atoms with van der Waals surface area (Å²) in [5, 5.41) is 25.7. The highest BCUT2D eigenvalue weighted by Crippen LogP contribution is 2.58. The van der Waals surface area contributed by atoms with Gasteiger partial charge in [0.25, 0.3) is 0 Å². The molecule has 0 N–H and O–H groups in total. The number of rotatable bonds is 4. The highest BCUT2D eigenvalue weighted by molar-refractivity contribution is 6.26. The van der Waals surface area contributed by atoms with Gasteiger partial charge >= 0.3 is 12.4 Å². The zero-order chi connectivity index (χ0) is 47.8. The van der Waals surface area contributed by atoms with Crippen LogP contribution in [-0.4, -0.2) is 9.13 Å². The van der Waals surface area contributed by atoms with Crippen LogP contribution in [0.5, 0.6) is 0 Å². The third-order valence-corrected chi connectivity index (χ3v) is 13.5. The summed E-state index contributed by atoms with van der Waals surface area (Å²) in [6, 6.07) is 48.9. The van der Waals surface area contributed by atoms with Gasteiger partial charge in [0.1, 0.15) is 27.9 Å². The lowest BCUT2D eigenvalue weighted by molar-refractivity contribution is -0.140. The van der Waals surface area contributed by atoms with Gasteiger partial charge in [0.2, 0.25) is 0 Å². The molecule has 0 amide bonds. The first-order chi connectivity index (χ1) is 34.0. The molecule has 13 rings (SSSR count). The van der Waals surface area contributed by atoms with Gasteiger partial charge < -0.3 is 18.0 Å². The Morgan fingerprint density at radius 2 is 0.743 bits per heavy atom. The fraction of sp³-hybridized carbons (Fsp3) is 0.0345. The van der Waals surface area contributed by atoms with E-state index in [9.17, 15) is 10.5 Å². The molecule has 0 bridgehead atoms. The van der Waals surface area contributed by atoms with Crippen molar-refractivity contribution in [2.24, 2.45) is 0 Å². The fourth-order valence-electron chi connectivity index (χ4n) is 10.8. The largest absolute Gasteiger partial charge is 0.455 e. The number of fused-ring (bicyclic) bond motifs is 14. The summed E-state index contributed by atoms with van der Waals surface area (Å²) in [6.45, 7) is 0. The Balaban J connectivity index is 1.36. The molecule has 0 radical (unpaired) electrons. The van der Waals surface area contributed by atoms with E-state index in [1.54, 1.807) is 97.1 Å². The Kier molecular flexibility index (Phi) is 8.56. The lowest BCUT2D eigenvalue weighted by atomic mass is 9.82. The molecule has 0 saturated carbocycles. The topological polar surface area (TPSA) is 83.7 Å². The van der Waals surface area contributed by atoms with Crippen molar-refractivity contribution in [2.45, 2.75) is 12.4 Å². The average molecular weight is 927 g/mol. The monoisotopic (exact) mass is 926 g/mol. The van der Waals surface area contributed by atoms with Gasteiger partial charge in [0, 0.05) is 54.6 Å². The number of para-hydroxylation sites is 4. The van der Waals surface area contributed by atoms with Crippen LogP contribution < -0.4 is 0 Å². The van der Waals surface area contributed by atoms with Gasteiger partial charge in [0.05, 0.1) is 73.0 Å². The number of nitriles is 2. The van der Waals surface area contributed by atoms with Crippen LogP contribution in [0.15, 0.2) is 179 Å². The first kappa shape index (κ1) is 41.0. The molecular weight excluding hydrogens is 899 g/mol. The Labute approximate surface area is 391 Å². The standard InChI is InChI=1S/C58H28F6N4O2/c59-57(60,61)51-49(33-15-3-1-13-31(33)29-65)53(67-41-21-9-5-19-39(41)47-43(67)27-25-37-35-17-7-11-23-45(35)69-55(37)47)52(58(62,63)64)54(50(51)34-16-4-2-14-32(34)30-66)68-42-22-10-6-20-40(42)48-44(68)28-26-38-36-18-8-12-24-46(36)70-56(38)48/h1-28H. The first-order valence-electron chi connectivity index (χ1n) is 22.0. The molecule has 0 aliphatic rings. The van der Waals surface area contributed by atoms with Crippen molar-refractivity contribution in [1.82, 2.24) is 9.13 Å². The van der Waals surface area contributed by atoms with E-state index in [1.807, 2.05) is 36.4 Å². The van der Waals surface area contributed by atoms with Crippen LogP contribution in [0.3, 0.4) is 0 Å². The van der Waals surface area contributed by atoms with Crippen LogP contribution in [0.4, 0.5) is 26.3 Å². The van der Waals surface area contributed by atoms with Crippen LogP contribution in [-0.2, 0) is 12.4 Å². The number of hydrogen-bond donors (Lipinski definition) is 0. The SMILES string of the molecule is N#Cc1ccccc1-c1c(-n2c3ccccc3c3c4oc5ccccc5c4ccc32)c(C(F)(F)F)c(-n2c3ccccc3c3c4oc5ccccc5c4ccc32)c(-c2ccccc2C#N)c1C(F)(F)F. The summed E-state index contributed by atoms with van der Waals surface area (Å²) in [7, 11) is 0. The van der Waals surface area contributed by atoms with E-state index in [4.69, 9.17) is 8.83 Å². The third-order valence-electron chi connectivity index (χ3n) is 13.5. The maximum Gasteiger partial charge on any atom is 0.420 e. The summed E-state index contributed by atoms with van der Waals surface area (Å²) < 4.78 is 120. The maximum atomic E-state index is 17.6. The van der Waals surface area contributed by atoms with Crippen LogP contribution in [0.1, 0.15) is 22.3 Å². The molecule has 0 unspecified atom stereocenters. The first-order valence-corrected chi connectivity index (χ1v) is 22.0. The second kappa shape index (κ2) is 14.6. The molecule has 334 valence electrons. The highest BCUT2D eigenvalue weighted by atomic mass is 19.4.